The first-order valence-corrected chi connectivity index (χ1v) is 7.53. The molecule has 0 aliphatic heterocycles. The van der Waals surface area contributed by atoms with Crippen molar-refractivity contribution < 1.29 is 14.2 Å². The Labute approximate surface area is 155 Å². The van der Waals surface area contributed by atoms with Crippen LogP contribution < -0.4 is 14.2 Å². The first-order chi connectivity index (χ1) is 11.2. The van der Waals surface area contributed by atoms with Gasteiger partial charge in [0.25, 0.3) is 0 Å². The van der Waals surface area contributed by atoms with Gasteiger partial charge >= 0.3 is 0 Å². The normalized spacial score (nSPS) is 8.25. The smallest absolute Gasteiger partial charge is 0.132 e. The predicted molar refractivity (Wildman–Crippen MR) is 99.7 cm³/mol. The van der Waals surface area contributed by atoms with Crippen LogP contribution >= 0.6 is 25.0 Å². The van der Waals surface area contributed by atoms with Crippen LogP contribution in [-0.4, -0.2) is 20.3 Å². The molecule has 2 aromatic carbocycles. The van der Waals surface area contributed by atoms with Crippen molar-refractivity contribution in [2.45, 2.75) is 18.7 Å². The van der Waals surface area contributed by atoms with Gasteiger partial charge in [-0.15, -0.1) is 25.0 Å². The lowest BCUT2D eigenvalue weighted by molar-refractivity contribution is 0.323. The molecule has 5 nitrogen and oxygen atoms in total. The summed E-state index contributed by atoms with van der Waals surface area (Å²) in [5.74, 6) is 2.54. The quantitative estimate of drug-likeness (QED) is 0.597. The third kappa shape index (κ3) is 9.82. The molecule has 0 atom stereocenters. The highest BCUT2D eigenvalue weighted by Crippen LogP contribution is 2.27. The molecular formula is C17H23ClN2O3S. The van der Waals surface area contributed by atoms with E-state index in [-0.39, 0.29) is 12.4 Å². The lowest BCUT2D eigenvalue weighted by atomic mass is 10.3. The highest BCUT2D eigenvalue weighted by atomic mass is 35.5. The summed E-state index contributed by atoms with van der Waals surface area (Å²) in [6.07, 6.45) is 0. The van der Waals surface area contributed by atoms with E-state index in [9.17, 15) is 0 Å². The molecule has 0 aliphatic carbocycles. The van der Waals surface area contributed by atoms with E-state index < -0.39 is 0 Å². The first kappa shape index (κ1) is 24.2. The van der Waals surface area contributed by atoms with Crippen molar-refractivity contribution in [3.63, 3.8) is 0 Å². The van der Waals surface area contributed by atoms with Crippen molar-refractivity contribution in [1.82, 2.24) is 0 Å². The van der Waals surface area contributed by atoms with Crippen molar-refractivity contribution in [1.29, 1.82) is 10.8 Å². The lowest BCUT2D eigenvalue weighted by Gasteiger charge is -2.08. The summed E-state index contributed by atoms with van der Waals surface area (Å²) in [6, 6.07) is 15.3. The van der Waals surface area contributed by atoms with Gasteiger partial charge in [0, 0.05) is 15.7 Å². The highest BCUT2D eigenvalue weighted by Gasteiger charge is 2.00. The van der Waals surface area contributed by atoms with E-state index in [1.54, 1.807) is 7.11 Å². The number of para-hydroxylation sites is 1. The lowest BCUT2D eigenvalue weighted by Crippen LogP contribution is -1.94. The molecule has 0 amide bonds. The number of nitrogens with zero attached hydrogens (tertiary/aromatic N) is 2. The Kier molecular flexibility index (Phi) is 15.9. The topological polar surface area (TPSA) is 75.3 Å². The second-order valence-corrected chi connectivity index (χ2v) is 4.49. The number of rotatable bonds is 5. The molecule has 0 unspecified atom stereocenters. The maximum atomic E-state index is 6.00. The van der Waals surface area contributed by atoms with E-state index in [0.717, 1.165) is 22.1 Å². The van der Waals surface area contributed by atoms with Crippen LogP contribution in [0.5, 0.6) is 17.2 Å². The van der Waals surface area contributed by atoms with Crippen molar-refractivity contribution in [2.75, 3.05) is 20.3 Å². The molecule has 0 radical (unpaired) electrons. The molecule has 0 spiro atoms. The predicted octanol–water partition coefficient (Wildman–Crippen LogP) is 4.92. The number of thiol groups is 1. The van der Waals surface area contributed by atoms with Crippen LogP contribution in [0.4, 0.5) is 0 Å². The van der Waals surface area contributed by atoms with E-state index in [0.29, 0.717) is 13.2 Å². The summed E-state index contributed by atoms with van der Waals surface area (Å²) in [5.41, 5.74) is 0. The number of methoxy groups -OCH3 is 1. The summed E-state index contributed by atoms with van der Waals surface area (Å²) in [7, 11) is 1.66. The molecule has 0 fully saturated rings. The number of hydrogen-bond acceptors (Lipinski definition) is 6. The second kappa shape index (κ2) is 15.8. The van der Waals surface area contributed by atoms with Gasteiger partial charge in [-0.3, -0.25) is 0 Å². The van der Waals surface area contributed by atoms with Crippen LogP contribution in [0.15, 0.2) is 53.4 Å². The zero-order valence-electron chi connectivity index (χ0n) is 14.0. The SMILES string of the molecule is CCOc1ccc(OCC)c(S)c1.COc1ccccc1.Cl.N#N. The first-order valence-electron chi connectivity index (χ1n) is 7.08. The van der Waals surface area contributed by atoms with Gasteiger partial charge in [-0.1, -0.05) is 18.2 Å². The molecule has 2 aromatic rings. The third-order valence-corrected chi connectivity index (χ3v) is 2.87. The Hall–Kier alpha value is -2.10. The van der Waals surface area contributed by atoms with Gasteiger partial charge in [-0.2, -0.15) is 0 Å². The van der Waals surface area contributed by atoms with Crippen LogP contribution in [0.25, 0.3) is 0 Å². The standard InChI is InChI=1S/C10H14O2S.C7H8O.ClH.N2/c1-3-11-8-5-6-9(12-4-2)10(13)7-8;1-8-7-5-3-2-4-6-7;;1-2/h5-7,13H,3-4H2,1-2H3;2-6H,1H3;1H;. The van der Waals surface area contributed by atoms with Gasteiger partial charge in [0.15, 0.2) is 0 Å². The van der Waals surface area contributed by atoms with Gasteiger partial charge in [0.1, 0.15) is 17.2 Å². The number of benzene rings is 2. The fraction of sp³-hybridized carbons (Fsp3) is 0.294. The van der Waals surface area contributed by atoms with E-state index in [1.165, 1.54) is 0 Å². The zero-order valence-corrected chi connectivity index (χ0v) is 15.7. The molecule has 0 bridgehead atoms. The molecular weight excluding hydrogens is 348 g/mol. The maximum absolute atomic E-state index is 6.00. The minimum Gasteiger partial charge on any atom is -0.497 e. The van der Waals surface area contributed by atoms with Gasteiger partial charge in [-0.05, 0) is 44.2 Å². The fourth-order valence-corrected chi connectivity index (χ4v) is 1.85. The molecule has 7 heteroatoms. The van der Waals surface area contributed by atoms with Crippen molar-refractivity contribution in [2.24, 2.45) is 0 Å². The van der Waals surface area contributed by atoms with Crippen LogP contribution in [0, 0.1) is 10.8 Å². The Morgan fingerprint density at radius 2 is 1.46 bits per heavy atom. The van der Waals surface area contributed by atoms with Crippen LogP contribution in [0.3, 0.4) is 0 Å². The van der Waals surface area contributed by atoms with Gasteiger partial charge in [0.05, 0.1) is 20.3 Å². The van der Waals surface area contributed by atoms with Gasteiger partial charge < -0.3 is 14.2 Å². The molecule has 132 valence electrons. The van der Waals surface area contributed by atoms with E-state index in [1.807, 2.05) is 62.4 Å². The summed E-state index contributed by atoms with van der Waals surface area (Å²) in [6.45, 7) is 5.22. The van der Waals surface area contributed by atoms with Crippen molar-refractivity contribution in [3.05, 3.63) is 48.5 Å². The van der Waals surface area contributed by atoms with Crippen molar-refractivity contribution in [3.8, 4) is 17.2 Å². The molecule has 0 heterocycles. The van der Waals surface area contributed by atoms with E-state index in [4.69, 9.17) is 25.0 Å². The number of hydrogen-bond donors (Lipinski definition) is 1. The van der Waals surface area contributed by atoms with Crippen LogP contribution in [0.2, 0.25) is 0 Å². The summed E-state index contributed by atoms with van der Waals surface area (Å²) < 4.78 is 15.6. The Bertz CT molecular complexity index is 568. The average Bonchev–Trinajstić information content (AvgIpc) is 2.61. The van der Waals surface area contributed by atoms with Crippen molar-refractivity contribution >= 4 is 25.0 Å². The van der Waals surface area contributed by atoms with E-state index >= 15 is 0 Å². The highest BCUT2D eigenvalue weighted by molar-refractivity contribution is 7.80. The van der Waals surface area contributed by atoms with Crippen LogP contribution in [0.1, 0.15) is 13.8 Å². The Morgan fingerprint density at radius 1 is 0.875 bits per heavy atom. The molecule has 24 heavy (non-hydrogen) atoms. The molecule has 0 aromatic heterocycles. The van der Waals surface area contributed by atoms with E-state index in [2.05, 4.69) is 12.6 Å². The summed E-state index contributed by atoms with van der Waals surface area (Å²) in [5, 5.41) is 12.0. The summed E-state index contributed by atoms with van der Waals surface area (Å²) in [4.78, 5) is 0.813. The average molecular weight is 371 g/mol. The minimum atomic E-state index is 0. The monoisotopic (exact) mass is 370 g/mol. The molecule has 0 N–H and O–H groups in total. The molecule has 0 saturated heterocycles. The fourth-order valence-electron chi connectivity index (χ4n) is 1.59. The molecule has 0 saturated carbocycles. The maximum Gasteiger partial charge on any atom is 0.132 e. The Balaban J connectivity index is 0. The number of ether oxygens (including phenoxy) is 3. The Morgan fingerprint density at radius 3 is 1.88 bits per heavy atom. The molecule has 2 rings (SSSR count). The zero-order chi connectivity index (χ0) is 17.5. The van der Waals surface area contributed by atoms with Gasteiger partial charge in [0.2, 0.25) is 0 Å². The largest absolute Gasteiger partial charge is 0.497 e. The molecule has 0 aliphatic rings. The van der Waals surface area contributed by atoms with Gasteiger partial charge in [-0.25, -0.2) is 0 Å². The summed E-state index contributed by atoms with van der Waals surface area (Å²) >= 11 is 4.29. The second-order valence-electron chi connectivity index (χ2n) is 4.01. The van der Waals surface area contributed by atoms with Crippen LogP contribution in [-0.2, 0) is 0 Å². The third-order valence-electron chi connectivity index (χ3n) is 2.52. The minimum absolute atomic E-state index is 0. The number of halogens is 1.